The molecule has 166 valence electrons. The van der Waals surface area contributed by atoms with E-state index in [-0.39, 0.29) is 32.0 Å². The first-order valence-electron chi connectivity index (χ1n) is 10.7. The quantitative estimate of drug-likeness (QED) is 0.327. The van der Waals surface area contributed by atoms with E-state index >= 15 is 0 Å². The molecule has 1 aromatic rings. The van der Waals surface area contributed by atoms with Crippen LogP contribution in [0.2, 0.25) is 0 Å². The van der Waals surface area contributed by atoms with Gasteiger partial charge >= 0.3 is 11.8 Å². The summed E-state index contributed by atoms with van der Waals surface area (Å²) in [5, 5.41) is 9.38. The highest BCUT2D eigenvalue weighted by molar-refractivity contribution is 5.30. The van der Waals surface area contributed by atoms with E-state index in [9.17, 15) is 22.7 Å². The monoisotopic (exact) mass is 418 g/mol. The van der Waals surface area contributed by atoms with Crippen LogP contribution in [0.4, 0.5) is 17.6 Å². The topological polar surface area (TPSA) is 29.5 Å². The van der Waals surface area contributed by atoms with Gasteiger partial charge in [0, 0.05) is 24.5 Å². The third-order valence-electron chi connectivity index (χ3n) is 6.33. The molecule has 0 amide bonds. The summed E-state index contributed by atoms with van der Waals surface area (Å²) in [5.74, 6) is -9.57. The normalized spacial score (nSPS) is 21.9. The van der Waals surface area contributed by atoms with Gasteiger partial charge in [-0.2, -0.15) is 17.6 Å². The fourth-order valence-electron chi connectivity index (χ4n) is 4.37. The van der Waals surface area contributed by atoms with E-state index in [0.29, 0.717) is 24.3 Å². The van der Waals surface area contributed by atoms with E-state index < -0.39 is 23.3 Å². The van der Waals surface area contributed by atoms with Crippen molar-refractivity contribution in [2.75, 3.05) is 20.3 Å². The number of halogens is 4. The highest BCUT2D eigenvalue weighted by Gasteiger charge is 2.61. The lowest BCUT2D eigenvalue weighted by Crippen LogP contribution is -2.45. The Hall–Kier alpha value is -1.14. The number of hydrogen-bond donors (Lipinski definition) is 1. The Morgan fingerprint density at radius 2 is 1.66 bits per heavy atom. The fourth-order valence-corrected chi connectivity index (χ4v) is 4.37. The minimum atomic E-state index is -4.22. The molecule has 0 saturated heterocycles. The maximum absolute atomic E-state index is 14.8. The van der Waals surface area contributed by atoms with Gasteiger partial charge in [-0.3, -0.25) is 0 Å². The third kappa shape index (κ3) is 5.72. The fraction of sp³-hybridized carbons (Fsp3) is 0.739. The summed E-state index contributed by atoms with van der Waals surface area (Å²) >= 11 is 0. The van der Waals surface area contributed by atoms with Gasteiger partial charge in [0.25, 0.3) is 0 Å². The molecule has 1 fully saturated rings. The van der Waals surface area contributed by atoms with Gasteiger partial charge in [-0.05, 0) is 37.2 Å². The van der Waals surface area contributed by atoms with E-state index in [1.807, 2.05) is 0 Å². The zero-order chi connectivity index (χ0) is 21.5. The van der Waals surface area contributed by atoms with Crippen LogP contribution in [0.3, 0.4) is 0 Å². The molecule has 1 saturated carbocycles. The number of aliphatic hydroxyl groups excluding tert-OH is 1. The summed E-state index contributed by atoms with van der Waals surface area (Å²) in [6.07, 6.45) is 5.85. The Kier molecular flexibility index (Phi) is 8.95. The van der Waals surface area contributed by atoms with Gasteiger partial charge < -0.3 is 9.84 Å². The molecule has 0 heterocycles. The molecule has 1 unspecified atom stereocenters. The highest BCUT2D eigenvalue weighted by Crippen LogP contribution is 2.52. The average molecular weight is 419 g/mol. The SMILES string of the molecule is CCCCCC1CCC(C(F)(F)C(F)(F)c2ccc(C(CO)COC)cc2)CC1. The van der Waals surface area contributed by atoms with Crippen LogP contribution in [0.5, 0.6) is 0 Å². The van der Waals surface area contributed by atoms with Crippen molar-refractivity contribution in [3.05, 3.63) is 35.4 Å². The molecule has 0 bridgehead atoms. The second kappa shape index (κ2) is 10.8. The first-order valence-corrected chi connectivity index (χ1v) is 10.7. The lowest BCUT2D eigenvalue weighted by Gasteiger charge is -2.37. The molecule has 1 aliphatic carbocycles. The van der Waals surface area contributed by atoms with E-state index in [4.69, 9.17) is 4.74 Å². The summed E-state index contributed by atoms with van der Waals surface area (Å²) in [4.78, 5) is 0. The highest BCUT2D eigenvalue weighted by atomic mass is 19.3. The van der Waals surface area contributed by atoms with Gasteiger partial charge in [-0.15, -0.1) is 0 Å². The minimum Gasteiger partial charge on any atom is -0.396 e. The maximum Gasteiger partial charge on any atom is 0.335 e. The van der Waals surface area contributed by atoms with Crippen LogP contribution in [0.25, 0.3) is 0 Å². The Morgan fingerprint density at radius 3 is 2.17 bits per heavy atom. The number of unbranched alkanes of at least 4 members (excludes halogenated alkanes) is 2. The number of rotatable bonds is 11. The summed E-state index contributed by atoms with van der Waals surface area (Å²) < 4.78 is 64.3. The molecule has 1 aromatic carbocycles. The molecular weight excluding hydrogens is 384 g/mol. The molecule has 1 atom stereocenters. The van der Waals surface area contributed by atoms with E-state index in [1.54, 1.807) is 0 Å². The van der Waals surface area contributed by atoms with Crippen molar-refractivity contribution in [2.24, 2.45) is 11.8 Å². The van der Waals surface area contributed by atoms with Crippen LogP contribution in [0, 0.1) is 11.8 Å². The number of hydrogen-bond acceptors (Lipinski definition) is 2. The zero-order valence-corrected chi connectivity index (χ0v) is 17.5. The van der Waals surface area contributed by atoms with Crippen molar-refractivity contribution < 1.29 is 27.4 Å². The first kappa shape index (κ1) is 24.1. The Labute approximate surface area is 171 Å². The van der Waals surface area contributed by atoms with Crippen molar-refractivity contribution >= 4 is 0 Å². The lowest BCUT2D eigenvalue weighted by molar-refractivity contribution is -0.249. The largest absolute Gasteiger partial charge is 0.396 e. The maximum atomic E-state index is 14.8. The van der Waals surface area contributed by atoms with Crippen LogP contribution >= 0.6 is 0 Å². The Morgan fingerprint density at radius 1 is 1.03 bits per heavy atom. The van der Waals surface area contributed by atoms with Crippen molar-refractivity contribution in [1.82, 2.24) is 0 Å². The van der Waals surface area contributed by atoms with Crippen LogP contribution < -0.4 is 0 Å². The second-order valence-corrected chi connectivity index (χ2v) is 8.37. The van der Waals surface area contributed by atoms with Crippen LogP contribution in [0.15, 0.2) is 24.3 Å². The average Bonchev–Trinajstić information content (AvgIpc) is 2.72. The summed E-state index contributed by atoms with van der Waals surface area (Å²) in [6.45, 7) is 2.14. The Balaban J connectivity index is 2.05. The molecule has 1 aliphatic rings. The standard InChI is InChI=1S/C23H34F4O2/c1-3-4-5-6-17-7-11-20(12-8-17)22(24,25)23(26,27)21-13-9-18(10-14-21)19(15-28)16-29-2/h9-10,13-14,17,19-20,28H,3-8,11-12,15-16H2,1-2H3. The second-order valence-electron chi connectivity index (χ2n) is 8.37. The smallest absolute Gasteiger partial charge is 0.335 e. The molecule has 0 radical (unpaired) electrons. The van der Waals surface area contributed by atoms with Crippen LogP contribution in [0.1, 0.15) is 75.3 Å². The predicted octanol–water partition coefficient (Wildman–Crippen LogP) is 6.52. The molecule has 6 heteroatoms. The van der Waals surface area contributed by atoms with Crippen molar-refractivity contribution in [1.29, 1.82) is 0 Å². The van der Waals surface area contributed by atoms with E-state index in [1.165, 1.54) is 19.2 Å². The molecule has 2 rings (SSSR count). The molecular formula is C23H34F4O2. The minimum absolute atomic E-state index is 0.151. The van der Waals surface area contributed by atoms with E-state index in [2.05, 4.69) is 6.92 Å². The molecule has 0 aliphatic heterocycles. The molecule has 1 N–H and O–H groups in total. The summed E-state index contributed by atoms with van der Waals surface area (Å²) in [6, 6.07) is 4.86. The number of aliphatic hydroxyl groups is 1. The molecule has 0 spiro atoms. The van der Waals surface area contributed by atoms with Crippen molar-refractivity contribution in [2.45, 2.75) is 76.1 Å². The Bertz CT molecular complexity index is 595. The lowest BCUT2D eigenvalue weighted by atomic mass is 9.75. The van der Waals surface area contributed by atoms with Gasteiger partial charge in [0.1, 0.15) is 0 Å². The van der Waals surface area contributed by atoms with Crippen molar-refractivity contribution in [3.63, 3.8) is 0 Å². The van der Waals surface area contributed by atoms with Gasteiger partial charge in [-0.25, -0.2) is 0 Å². The number of ether oxygens (including phenoxy) is 1. The predicted molar refractivity (Wildman–Crippen MR) is 107 cm³/mol. The first-order chi connectivity index (χ1) is 13.8. The zero-order valence-electron chi connectivity index (χ0n) is 17.5. The van der Waals surface area contributed by atoms with Gasteiger partial charge in [0.2, 0.25) is 0 Å². The number of benzene rings is 1. The van der Waals surface area contributed by atoms with Crippen LogP contribution in [-0.4, -0.2) is 31.4 Å². The number of alkyl halides is 4. The molecule has 2 nitrogen and oxygen atoms in total. The molecule has 29 heavy (non-hydrogen) atoms. The van der Waals surface area contributed by atoms with Crippen molar-refractivity contribution in [3.8, 4) is 0 Å². The summed E-state index contributed by atoms with van der Waals surface area (Å²) in [7, 11) is 1.48. The molecule has 0 aromatic heterocycles. The third-order valence-corrected chi connectivity index (χ3v) is 6.33. The summed E-state index contributed by atoms with van der Waals surface area (Å²) in [5.41, 5.74) is -0.0878. The van der Waals surface area contributed by atoms with Crippen LogP contribution in [-0.2, 0) is 10.7 Å². The van der Waals surface area contributed by atoms with E-state index in [0.717, 1.165) is 37.8 Å². The van der Waals surface area contributed by atoms with Gasteiger partial charge in [0.05, 0.1) is 13.2 Å². The van der Waals surface area contributed by atoms with Gasteiger partial charge in [0.15, 0.2) is 0 Å². The number of methoxy groups -OCH3 is 1. The van der Waals surface area contributed by atoms with Gasteiger partial charge in [-0.1, -0.05) is 56.9 Å².